The van der Waals surface area contributed by atoms with Crippen molar-refractivity contribution in [1.29, 1.82) is 0 Å². The Morgan fingerprint density at radius 3 is 2.87 bits per heavy atom. The molecule has 0 aromatic heterocycles. The molecule has 0 unspecified atom stereocenters. The summed E-state index contributed by atoms with van der Waals surface area (Å²) in [5, 5.41) is 0. The van der Waals surface area contributed by atoms with Gasteiger partial charge in [-0.15, -0.1) is 0 Å². The van der Waals surface area contributed by atoms with Crippen molar-refractivity contribution in [2.75, 3.05) is 26.4 Å². The first kappa shape index (κ1) is 12.4. The van der Waals surface area contributed by atoms with E-state index < -0.39 is 0 Å². The minimum absolute atomic E-state index is 0.135. The van der Waals surface area contributed by atoms with Crippen molar-refractivity contribution in [3.05, 3.63) is 0 Å². The minimum atomic E-state index is -0.135. The van der Waals surface area contributed by atoms with Crippen LogP contribution in [0.1, 0.15) is 25.7 Å². The fourth-order valence-corrected chi connectivity index (χ4v) is 1.57. The van der Waals surface area contributed by atoms with Crippen LogP contribution < -0.4 is 11.3 Å². The fourth-order valence-electron chi connectivity index (χ4n) is 1.57. The molecule has 0 aromatic rings. The van der Waals surface area contributed by atoms with E-state index in [2.05, 4.69) is 5.43 Å². The molecule has 5 nitrogen and oxygen atoms in total. The van der Waals surface area contributed by atoms with Gasteiger partial charge in [-0.25, -0.2) is 5.84 Å². The van der Waals surface area contributed by atoms with Gasteiger partial charge in [-0.05, 0) is 25.2 Å². The lowest BCUT2D eigenvalue weighted by Crippen LogP contribution is -2.30. The van der Waals surface area contributed by atoms with E-state index in [-0.39, 0.29) is 5.91 Å². The first-order chi connectivity index (χ1) is 7.33. The van der Waals surface area contributed by atoms with Gasteiger partial charge in [-0.3, -0.25) is 10.2 Å². The molecule has 1 aliphatic heterocycles. The van der Waals surface area contributed by atoms with Crippen LogP contribution in [0, 0.1) is 5.92 Å². The third-order valence-corrected chi connectivity index (χ3v) is 2.55. The summed E-state index contributed by atoms with van der Waals surface area (Å²) in [6, 6.07) is 0. The molecule has 5 heteroatoms. The van der Waals surface area contributed by atoms with Gasteiger partial charge in [-0.1, -0.05) is 0 Å². The molecule has 0 aliphatic carbocycles. The molecular formula is C10H20N2O3. The molecule has 15 heavy (non-hydrogen) atoms. The number of rotatable bonds is 6. The highest BCUT2D eigenvalue weighted by Crippen LogP contribution is 2.14. The van der Waals surface area contributed by atoms with E-state index in [1.54, 1.807) is 0 Å². The summed E-state index contributed by atoms with van der Waals surface area (Å²) < 4.78 is 10.7. The van der Waals surface area contributed by atoms with E-state index in [9.17, 15) is 4.79 Å². The maximum Gasteiger partial charge on any atom is 0.233 e. The Morgan fingerprint density at radius 2 is 2.20 bits per heavy atom. The molecule has 1 rings (SSSR count). The van der Waals surface area contributed by atoms with Crippen molar-refractivity contribution in [2.45, 2.75) is 25.7 Å². The Labute approximate surface area is 90.3 Å². The summed E-state index contributed by atoms with van der Waals surface area (Å²) in [5.41, 5.74) is 2.09. The summed E-state index contributed by atoms with van der Waals surface area (Å²) in [4.78, 5) is 10.8. The molecule has 1 aliphatic rings. The highest BCUT2D eigenvalue weighted by Gasteiger charge is 2.13. The first-order valence-electron chi connectivity index (χ1n) is 5.48. The Morgan fingerprint density at radius 1 is 1.47 bits per heavy atom. The summed E-state index contributed by atoms with van der Waals surface area (Å²) in [5.74, 6) is 5.44. The van der Waals surface area contributed by atoms with E-state index in [0.29, 0.717) is 18.9 Å². The normalized spacial score (nSPS) is 17.7. The SMILES string of the molecule is NNC(=O)CCCOCC1CCOCC1. The summed E-state index contributed by atoms with van der Waals surface area (Å²) >= 11 is 0. The zero-order valence-electron chi connectivity index (χ0n) is 9.04. The number of carbonyl (C=O) groups excluding carboxylic acids is 1. The minimum Gasteiger partial charge on any atom is -0.381 e. The van der Waals surface area contributed by atoms with Crippen LogP contribution in [-0.2, 0) is 14.3 Å². The Balaban J connectivity index is 1.89. The second-order valence-corrected chi connectivity index (χ2v) is 3.80. The second kappa shape index (κ2) is 7.62. The average Bonchev–Trinajstić information content (AvgIpc) is 2.29. The topological polar surface area (TPSA) is 73.6 Å². The van der Waals surface area contributed by atoms with E-state index in [1.807, 2.05) is 0 Å². The maximum atomic E-state index is 10.8. The molecule has 3 N–H and O–H groups in total. The van der Waals surface area contributed by atoms with Gasteiger partial charge in [0.1, 0.15) is 0 Å². The first-order valence-corrected chi connectivity index (χ1v) is 5.48. The monoisotopic (exact) mass is 216 g/mol. The quantitative estimate of drug-likeness (QED) is 0.288. The number of amides is 1. The molecule has 1 fully saturated rings. The van der Waals surface area contributed by atoms with Gasteiger partial charge in [-0.2, -0.15) is 0 Å². The molecule has 0 saturated carbocycles. The van der Waals surface area contributed by atoms with Crippen LogP contribution in [0.2, 0.25) is 0 Å². The highest BCUT2D eigenvalue weighted by molar-refractivity contribution is 5.75. The van der Waals surface area contributed by atoms with E-state index >= 15 is 0 Å². The van der Waals surface area contributed by atoms with Gasteiger partial charge in [0.2, 0.25) is 5.91 Å². The Kier molecular flexibility index (Phi) is 6.31. The smallest absolute Gasteiger partial charge is 0.233 e. The van der Waals surface area contributed by atoms with Crippen molar-refractivity contribution >= 4 is 5.91 Å². The molecule has 0 aromatic carbocycles. The maximum absolute atomic E-state index is 10.8. The number of carbonyl (C=O) groups is 1. The number of hydrogen-bond donors (Lipinski definition) is 2. The van der Waals surface area contributed by atoms with Crippen LogP contribution in [0.3, 0.4) is 0 Å². The van der Waals surface area contributed by atoms with Crippen LogP contribution >= 0.6 is 0 Å². The predicted molar refractivity (Wildman–Crippen MR) is 55.9 cm³/mol. The van der Waals surface area contributed by atoms with Crippen LogP contribution in [0.5, 0.6) is 0 Å². The molecule has 1 amide bonds. The highest BCUT2D eigenvalue weighted by atomic mass is 16.5. The van der Waals surface area contributed by atoms with Crippen molar-refractivity contribution in [3.63, 3.8) is 0 Å². The standard InChI is InChI=1S/C10H20N2O3/c11-12-10(13)2-1-5-15-8-9-3-6-14-7-4-9/h9H,1-8,11H2,(H,12,13). The predicted octanol–water partition coefficient (Wildman–Crippen LogP) is 0.200. The fraction of sp³-hybridized carbons (Fsp3) is 0.900. The number of hydrazine groups is 1. The van der Waals surface area contributed by atoms with Crippen molar-refractivity contribution in [3.8, 4) is 0 Å². The third-order valence-electron chi connectivity index (χ3n) is 2.55. The molecule has 88 valence electrons. The van der Waals surface area contributed by atoms with E-state index in [0.717, 1.165) is 39.1 Å². The molecule has 1 heterocycles. The molecule has 0 bridgehead atoms. The van der Waals surface area contributed by atoms with Crippen LogP contribution in [0.15, 0.2) is 0 Å². The van der Waals surface area contributed by atoms with Gasteiger partial charge < -0.3 is 9.47 Å². The molecule has 0 radical (unpaired) electrons. The summed E-state index contributed by atoms with van der Waals surface area (Å²) in [6.07, 6.45) is 3.34. The van der Waals surface area contributed by atoms with Gasteiger partial charge in [0.15, 0.2) is 0 Å². The van der Waals surface area contributed by atoms with Crippen molar-refractivity contribution < 1.29 is 14.3 Å². The lowest BCUT2D eigenvalue weighted by atomic mass is 10.0. The number of ether oxygens (including phenoxy) is 2. The van der Waals surface area contributed by atoms with Crippen LogP contribution in [-0.4, -0.2) is 32.3 Å². The van der Waals surface area contributed by atoms with Crippen LogP contribution in [0.4, 0.5) is 0 Å². The molecule has 0 spiro atoms. The van der Waals surface area contributed by atoms with Crippen LogP contribution in [0.25, 0.3) is 0 Å². The largest absolute Gasteiger partial charge is 0.381 e. The lowest BCUT2D eigenvalue weighted by molar-refractivity contribution is -0.121. The molecule has 1 saturated heterocycles. The Bertz CT molecular complexity index is 182. The lowest BCUT2D eigenvalue weighted by Gasteiger charge is -2.21. The van der Waals surface area contributed by atoms with E-state index in [4.69, 9.17) is 15.3 Å². The van der Waals surface area contributed by atoms with Gasteiger partial charge in [0.05, 0.1) is 0 Å². The number of nitrogens with two attached hydrogens (primary N) is 1. The van der Waals surface area contributed by atoms with E-state index in [1.165, 1.54) is 0 Å². The third kappa shape index (κ3) is 5.71. The number of hydrogen-bond acceptors (Lipinski definition) is 4. The zero-order chi connectivity index (χ0) is 10.9. The summed E-state index contributed by atoms with van der Waals surface area (Å²) in [6.45, 7) is 3.12. The van der Waals surface area contributed by atoms with Gasteiger partial charge >= 0.3 is 0 Å². The van der Waals surface area contributed by atoms with Gasteiger partial charge in [0.25, 0.3) is 0 Å². The summed E-state index contributed by atoms with van der Waals surface area (Å²) in [7, 11) is 0. The number of nitrogens with one attached hydrogen (secondary N) is 1. The van der Waals surface area contributed by atoms with Gasteiger partial charge in [0, 0.05) is 32.8 Å². The van der Waals surface area contributed by atoms with Crippen molar-refractivity contribution in [2.24, 2.45) is 11.8 Å². The zero-order valence-corrected chi connectivity index (χ0v) is 9.04. The average molecular weight is 216 g/mol. The molecular weight excluding hydrogens is 196 g/mol. The second-order valence-electron chi connectivity index (χ2n) is 3.80. The molecule has 0 atom stereocenters. The Hall–Kier alpha value is -0.650. The van der Waals surface area contributed by atoms with Crippen molar-refractivity contribution in [1.82, 2.24) is 5.43 Å².